The minimum Gasteiger partial charge on any atom is -0.352 e. The van der Waals surface area contributed by atoms with E-state index < -0.39 is 0 Å². The first-order valence-corrected chi connectivity index (χ1v) is 10.2. The number of nitrogens with one attached hydrogen (secondary N) is 2. The highest BCUT2D eigenvalue weighted by Gasteiger charge is 2.17. The van der Waals surface area contributed by atoms with Crippen LogP contribution in [0, 0.1) is 6.92 Å². The fourth-order valence-electron chi connectivity index (χ4n) is 3.97. The topological polar surface area (TPSA) is 73.9 Å². The molecule has 0 spiro atoms. The number of carbonyl (C=O) groups is 1. The van der Waals surface area contributed by atoms with Crippen LogP contribution in [0.3, 0.4) is 0 Å². The number of hydrogen-bond acceptors (Lipinski definition) is 4. The number of carbonyl (C=O) groups excluding carboxylic acids is 1. The number of nitrogens with zero attached hydrogens (tertiary/aromatic N) is 3. The molecule has 6 heteroatoms. The molecule has 4 aromatic rings. The van der Waals surface area contributed by atoms with Crippen molar-refractivity contribution in [2.75, 3.05) is 11.4 Å². The number of aryl methyl sites for hydroxylation is 1. The summed E-state index contributed by atoms with van der Waals surface area (Å²) in [5, 5.41) is 10.9. The normalized spacial score (nSPS) is 13.3. The Balaban J connectivity index is 1.24. The molecule has 2 aromatic heterocycles. The van der Waals surface area contributed by atoms with Gasteiger partial charge in [0.25, 0.3) is 5.91 Å². The molecule has 2 aromatic carbocycles. The predicted octanol–water partition coefficient (Wildman–Crippen LogP) is 3.76. The number of benzene rings is 2. The largest absolute Gasteiger partial charge is 0.352 e. The van der Waals surface area contributed by atoms with Crippen molar-refractivity contribution in [2.45, 2.75) is 26.4 Å². The highest BCUT2D eigenvalue weighted by molar-refractivity contribution is 6.04. The van der Waals surface area contributed by atoms with Crippen LogP contribution in [0.5, 0.6) is 0 Å². The van der Waals surface area contributed by atoms with Crippen molar-refractivity contribution in [3.8, 4) is 0 Å². The minimum absolute atomic E-state index is 0.191. The maximum Gasteiger partial charge on any atom is 0.272 e. The standard InChI is InChI=1S/C24H23N5O/c1-16-6-8-21-20(12-16)23(28-27-21)24(30)26-14-17-7-9-22(25-13-17)29-11-10-18-4-2-3-5-19(18)15-29/h2-9,12-13H,10-11,14-15H2,1H3,(H,26,30)(H,27,28). The molecular weight excluding hydrogens is 374 g/mol. The third-order valence-corrected chi connectivity index (χ3v) is 5.65. The minimum atomic E-state index is -0.191. The van der Waals surface area contributed by atoms with E-state index in [1.807, 2.05) is 43.5 Å². The Morgan fingerprint density at radius 3 is 2.83 bits per heavy atom. The highest BCUT2D eigenvalue weighted by atomic mass is 16.1. The van der Waals surface area contributed by atoms with Crippen molar-refractivity contribution < 1.29 is 4.79 Å². The summed E-state index contributed by atoms with van der Waals surface area (Å²) in [7, 11) is 0. The Labute approximate surface area is 174 Å². The lowest BCUT2D eigenvalue weighted by Gasteiger charge is -2.29. The quantitative estimate of drug-likeness (QED) is 0.550. The Hall–Kier alpha value is -3.67. The number of pyridine rings is 1. The number of anilines is 1. The maximum atomic E-state index is 12.6. The van der Waals surface area contributed by atoms with Crippen LogP contribution in [0.2, 0.25) is 0 Å². The van der Waals surface area contributed by atoms with Crippen molar-refractivity contribution >= 4 is 22.6 Å². The van der Waals surface area contributed by atoms with Gasteiger partial charge in [0.1, 0.15) is 5.82 Å². The molecule has 5 rings (SSSR count). The third-order valence-electron chi connectivity index (χ3n) is 5.65. The van der Waals surface area contributed by atoms with Gasteiger partial charge in [0.05, 0.1) is 5.52 Å². The molecule has 2 N–H and O–H groups in total. The third kappa shape index (κ3) is 3.52. The maximum absolute atomic E-state index is 12.6. The van der Waals surface area contributed by atoms with Crippen molar-refractivity contribution in [2.24, 2.45) is 0 Å². The first-order chi connectivity index (χ1) is 14.7. The van der Waals surface area contributed by atoms with Gasteiger partial charge in [0.2, 0.25) is 0 Å². The number of aromatic nitrogens is 3. The van der Waals surface area contributed by atoms with E-state index in [-0.39, 0.29) is 5.91 Å². The van der Waals surface area contributed by atoms with Gasteiger partial charge < -0.3 is 10.2 Å². The summed E-state index contributed by atoms with van der Waals surface area (Å²) in [6, 6.07) is 18.5. The van der Waals surface area contributed by atoms with Crippen molar-refractivity contribution in [3.05, 3.63) is 88.7 Å². The molecule has 1 amide bonds. The van der Waals surface area contributed by atoms with Crippen LogP contribution in [0.1, 0.15) is 32.7 Å². The van der Waals surface area contributed by atoms with E-state index in [0.717, 1.165) is 47.4 Å². The summed E-state index contributed by atoms with van der Waals surface area (Å²) >= 11 is 0. The van der Waals surface area contributed by atoms with E-state index in [9.17, 15) is 4.79 Å². The fourth-order valence-corrected chi connectivity index (χ4v) is 3.97. The molecule has 0 bridgehead atoms. The van der Waals surface area contributed by atoms with E-state index in [2.05, 4.69) is 49.7 Å². The van der Waals surface area contributed by atoms with Gasteiger partial charge in [0.15, 0.2) is 5.69 Å². The van der Waals surface area contributed by atoms with Gasteiger partial charge in [-0.05, 0) is 48.2 Å². The summed E-state index contributed by atoms with van der Waals surface area (Å²) in [6.45, 7) is 4.26. The predicted molar refractivity (Wildman–Crippen MR) is 117 cm³/mol. The van der Waals surface area contributed by atoms with Gasteiger partial charge in [-0.15, -0.1) is 0 Å². The second kappa shape index (κ2) is 7.63. The second-order valence-electron chi connectivity index (χ2n) is 7.77. The van der Waals surface area contributed by atoms with Gasteiger partial charge in [-0.3, -0.25) is 9.89 Å². The molecule has 0 aliphatic carbocycles. The van der Waals surface area contributed by atoms with Crippen LogP contribution in [0.4, 0.5) is 5.82 Å². The van der Waals surface area contributed by atoms with E-state index in [1.54, 1.807) is 0 Å². The summed E-state index contributed by atoms with van der Waals surface area (Å²) < 4.78 is 0. The molecule has 0 atom stereocenters. The average Bonchev–Trinajstić information content (AvgIpc) is 3.20. The molecular formula is C24H23N5O. The monoisotopic (exact) mass is 397 g/mol. The SMILES string of the molecule is Cc1ccc2[nH]nc(C(=O)NCc3ccc(N4CCc5ccccc5C4)nc3)c2c1. The van der Waals surface area contributed by atoms with Crippen LogP contribution >= 0.6 is 0 Å². The van der Waals surface area contributed by atoms with Crippen molar-refractivity contribution in [3.63, 3.8) is 0 Å². The van der Waals surface area contributed by atoms with E-state index in [0.29, 0.717) is 12.2 Å². The zero-order chi connectivity index (χ0) is 20.5. The zero-order valence-corrected chi connectivity index (χ0v) is 16.9. The highest BCUT2D eigenvalue weighted by Crippen LogP contribution is 2.23. The summed E-state index contributed by atoms with van der Waals surface area (Å²) in [6.07, 6.45) is 2.87. The van der Waals surface area contributed by atoms with E-state index >= 15 is 0 Å². The first-order valence-electron chi connectivity index (χ1n) is 10.2. The molecule has 6 nitrogen and oxygen atoms in total. The smallest absolute Gasteiger partial charge is 0.272 e. The molecule has 1 aliphatic heterocycles. The van der Waals surface area contributed by atoms with Gasteiger partial charge in [-0.1, -0.05) is 42.0 Å². The van der Waals surface area contributed by atoms with E-state index in [1.165, 1.54) is 11.1 Å². The lowest BCUT2D eigenvalue weighted by molar-refractivity contribution is 0.0947. The van der Waals surface area contributed by atoms with Crippen LogP contribution in [0.25, 0.3) is 10.9 Å². The lowest BCUT2D eigenvalue weighted by atomic mass is 10.00. The molecule has 30 heavy (non-hydrogen) atoms. The molecule has 0 radical (unpaired) electrons. The number of H-pyrrole nitrogens is 1. The number of fused-ring (bicyclic) bond motifs is 2. The molecule has 1 aliphatic rings. The van der Waals surface area contributed by atoms with E-state index in [4.69, 9.17) is 0 Å². The summed E-state index contributed by atoms with van der Waals surface area (Å²) in [5.41, 5.74) is 6.13. The lowest BCUT2D eigenvalue weighted by Crippen LogP contribution is -2.31. The second-order valence-corrected chi connectivity index (χ2v) is 7.77. The van der Waals surface area contributed by atoms with Crippen LogP contribution < -0.4 is 10.2 Å². The average molecular weight is 397 g/mol. The van der Waals surface area contributed by atoms with Gasteiger partial charge in [-0.2, -0.15) is 5.10 Å². The number of rotatable bonds is 4. The molecule has 150 valence electrons. The Morgan fingerprint density at radius 2 is 2.00 bits per heavy atom. The molecule has 3 heterocycles. The molecule has 0 fully saturated rings. The van der Waals surface area contributed by atoms with Crippen LogP contribution in [-0.2, 0) is 19.5 Å². The van der Waals surface area contributed by atoms with Crippen LogP contribution in [-0.4, -0.2) is 27.6 Å². The Bertz CT molecular complexity index is 1210. The number of hydrogen-bond donors (Lipinski definition) is 2. The summed E-state index contributed by atoms with van der Waals surface area (Å²) in [4.78, 5) is 19.5. The number of amides is 1. The Kier molecular flexibility index (Phi) is 4.67. The number of aromatic amines is 1. The van der Waals surface area contributed by atoms with Crippen molar-refractivity contribution in [1.29, 1.82) is 0 Å². The molecule has 0 saturated heterocycles. The van der Waals surface area contributed by atoms with Gasteiger partial charge >= 0.3 is 0 Å². The summed E-state index contributed by atoms with van der Waals surface area (Å²) in [5.74, 6) is 0.775. The molecule has 0 unspecified atom stereocenters. The Morgan fingerprint density at radius 1 is 1.13 bits per heavy atom. The van der Waals surface area contributed by atoms with Crippen molar-refractivity contribution in [1.82, 2.24) is 20.5 Å². The molecule has 0 saturated carbocycles. The zero-order valence-electron chi connectivity index (χ0n) is 16.9. The fraction of sp³-hybridized carbons (Fsp3) is 0.208. The van der Waals surface area contributed by atoms with Gasteiger partial charge in [-0.25, -0.2) is 4.98 Å². The van der Waals surface area contributed by atoms with Gasteiger partial charge in [0, 0.05) is 31.2 Å². The van der Waals surface area contributed by atoms with Crippen LogP contribution in [0.15, 0.2) is 60.8 Å². The first kappa shape index (κ1) is 18.4.